The van der Waals surface area contributed by atoms with Crippen molar-refractivity contribution in [2.24, 2.45) is 0 Å². The predicted molar refractivity (Wildman–Crippen MR) is 157 cm³/mol. The van der Waals surface area contributed by atoms with Gasteiger partial charge >= 0.3 is 5.97 Å². The molecule has 0 saturated carbocycles. The number of esters is 1. The summed E-state index contributed by atoms with van der Waals surface area (Å²) in [5.41, 5.74) is 1.14. The largest absolute Gasteiger partial charge is 0.453 e. The molecular weight excluding hydrogens is 488 g/mol. The monoisotopic (exact) mass is 528 g/mol. The van der Waals surface area contributed by atoms with Gasteiger partial charge in [0.15, 0.2) is 0 Å². The first-order chi connectivity index (χ1) is 18.2. The number of carbonyl (C=O) groups is 1. The van der Waals surface area contributed by atoms with E-state index in [1.54, 1.807) is 0 Å². The van der Waals surface area contributed by atoms with Crippen molar-refractivity contribution in [3.63, 3.8) is 0 Å². The highest BCUT2D eigenvalue weighted by Crippen LogP contribution is 2.37. The van der Waals surface area contributed by atoms with Gasteiger partial charge in [-0.2, -0.15) is 0 Å². The summed E-state index contributed by atoms with van der Waals surface area (Å²) in [7, 11) is -2.83. The van der Waals surface area contributed by atoms with E-state index in [0.29, 0.717) is 19.6 Å². The number of hydrogen-bond donors (Lipinski definition) is 0. The number of carbonyl (C=O) groups excluding carboxylic acids is 1. The van der Waals surface area contributed by atoms with Crippen molar-refractivity contribution in [2.45, 2.75) is 71.3 Å². The van der Waals surface area contributed by atoms with Gasteiger partial charge in [0.2, 0.25) is 0 Å². The fourth-order valence-corrected chi connectivity index (χ4v) is 9.20. The molecule has 38 heavy (non-hydrogen) atoms. The minimum Gasteiger partial charge on any atom is -0.453 e. The fraction of sp³-hybridized carbons (Fsp3) is 0.364. The molecule has 200 valence electrons. The molecule has 3 aromatic rings. The quantitative estimate of drug-likeness (QED) is 0.102. The highest BCUT2D eigenvalue weighted by Gasteiger charge is 2.51. The first kappa shape index (κ1) is 29.4. The SMILES string of the molecule is CC(C)OC(=O)C#C[C@@H](CCCOCc1ccccc1)O[Si](c1ccccc1)(c1ccccc1)C(C)(C)C. The first-order valence-electron chi connectivity index (χ1n) is 13.3. The Kier molecular flexibility index (Phi) is 10.9. The molecule has 0 heterocycles. The highest BCUT2D eigenvalue weighted by molar-refractivity contribution is 6.99. The van der Waals surface area contributed by atoms with E-state index in [4.69, 9.17) is 13.9 Å². The van der Waals surface area contributed by atoms with E-state index in [1.807, 2.05) is 44.2 Å². The topological polar surface area (TPSA) is 44.8 Å². The van der Waals surface area contributed by atoms with Crippen LogP contribution in [0.25, 0.3) is 0 Å². The summed E-state index contributed by atoms with van der Waals surface area (Å²) in [4.78, 5) is 12.3. The molecule has 0 radical (unpaired) electrons. The second-order valence-corrected chi connectivity index (χ2v) is 14.9. The maximum Gasteiger partial charge on any atom is 0.384 e. The molecule has 3 rings (SSSR count). The van der Waals surface area contributed by atoms with Crippen LogP contribution in [0.4, 0.5) is 0 Å². The van der Waals surface area contributed by atoms with Gasteiger partial charge in [0, 0.05) is 12.5 Å². The van der Waals surface area contributed by atoms with E-state index in [2.05, 4.69) is 93.3 Å². The third-order valence-corrected chi connectivity index (χ3v) is 11.3. The standard InChI is InChI=1S/C33H40O4Si/c1-27(2)36-32(34)24-23-29(18-15-25-35-26-28-16-9-6-10-17-28)37-38(33(3,4)5,30-19-11-7-12-20-30)31-21-13-8-14-22-31/h6-14,16-17,19-22,27,29H,15,18,25-26H2,1-5H3/t29-/m1/s1. The van der Waals surface area contributed by atoms with Crippen LogP contribution < -0.4 is 10.4 Å². The highest BCUT2D eigenvalue weighted by atomic mass is 28.4. The summed E-state index contributed by atoms with van der Waals surface area (Å²) in [5.74, 6) is 5.30. The molecule has 0 fully saturated rings. The molecule has 0 aliphatic rings. The molecule has 5 heteroatoms. The molecule has 4 nitrogen and oxygen atoms in total. The molecule has 0 spiro atoms. The summed E-state index contributed by atoms with van der Waals surface area (Å²) in [6, 6.07) is 31.1. The molecule has 0 bridgehead atoms. The van der Waals surface area contributed by atoms with Crippen molar-refractivity contribution in [3.05, 3.63) is 96.6 Å². The molecule has 3 aromatic carbocycles. The lowest BCUT2D eigenvalue weighted by atomic mass is 10.2. The van der Waals surface area contributed by atoms with E-state index in [0.717, 1.165) is 12.0 Å². The third-order valence-electron chi connectivity index (χ3n) is 6.28. The summed E-state index contributed by atoms with van der Waals surface area (Å²) < 4.78 is 18.4. The Morgan fingerprint density at radius 3 is 1.87 bits per heavy atom. The zero-order valence-corrected chi connectivity index (χ0v) is 24.3. The van der Waals surface area contributed by atoms with Gasteiger partial charge in [-0.05, 0) is 47.7 Å². The molecule has 0 aromatic heterocycles. The maximum atomic E-state index is 12.3. The van der Waals surface area contributed by atoms with Gasteiger partial charge in [-0.3, -0.25) is 0 Å². The van der Waals surface area contributed by atoms with Crippen LogP contribution in [0.15, 0.2) is 91.0 Å². The Labute approximate surface area is 229 Å². The number of ether oxygens (including phenoxy) is 2. The summed E-state index contributed by atoms with van der Waals surface area (Å²) >= 11 is 0. The minimum absolute atomic E-state index is 0.197. The van der Waals surface area contributed by atoms with Crippen molar-refractivity contribution in [1.82, 2.24) is 0 Å². The van der Waals surface area contributed by atoms with Crippen LogP contribution in [0.1, 0.15) is 53.0 Å². The lowest BCUT2D eigenvalue weighted by molar-refractivity contribution is -0.140. The summed E-state index contributed by atoms with van der Waals surface area (Å²) in [6.07, 6.45) is 0.714. The zero-order valence-electron chi connectivity index (χ0n) is 23.3. The smallest absolute Gasteiger partial charge is 0.384 e. The van der Waals surface area contributed by atoms with Gasteiger partial charge in [0.25, 0.3) is 8.32 Å². The molecular formula is C33H40O4Si. The minimum atomic E-state index is -2.83. The molecule has 0 unspecified atom stereocenters. The van der Waals surface area contributed by atoms with Crippen LogP contribution in [-0.4, -0.2) is 33.1 Å². The van der Waals surface area contributed by atoms with Crippen LogP contribution >= 0.6 is 0 Å². The molecule has 0 amide bonds. The third kappa shape index (κ3) is 8.16. The van der Waals surface area contributed by atoms with Gasteiger partial charge in [0.05, 0.1) is 12.7 Å². The van der Waals surface area contributed by atoms with E-state index >= 15 is 0 Å². The number of benzene rings is 3. The van der Waals surface area contributed by atoms with Gasteiger partial charge in [0.1, 0.15) is 6.10 Å². The Morgan fingerprint density at radius 2 is 1.37 bits per heavy atom. The second-order valence-electron chi connectivity index (χ2n) is 10.7. The number of hydrogen-bond acceptors (Lipinski definition) is 4. The fourth-order valence-electron chi connectivity index (χ4n) is 4.58. The molecule has 0 saturated heterocycles. The van der Waals surface area contributed by atoms with Gasteiger partial charge in [-0.1, -0.05) is 118 Å². The Balaban J connectivity index is 1.90. The zero-order chi connectivity index (χ0) is 27.4. The van der Waals surface area contributed by atoms with Crippen molar-refractivity contribution >= 4 is 24.7 Å². The average molecular weight is 529 g/mol. The van der Waals surface area contributed by atoms with E-state index in [1.165, 1.54) is 10.4 Å². The van der Waals surface area contributed by atoms with Crippen LogP contribution in [-0.2, 0) is 25.3 Å². The van der Waals surface area contributed by atoms with Gasteiger partial charge < -0.3 is 13.9 Å². The Hall–Kier alpha value is -3.17. The summed E-state index contributed by atoms with van der Waals surface area (Å²) in [6.45, 7) is 11.5. The average Bonchev–Trinajstić information content (AvgIpc) is 2.90. The summed E-state index contributed by atoms with van der Waals surface area (Å²) in [5, 5.41) is 2.16. The van der Waals surface area contributed by atoms with Crippen molar-refractivity contribution < 1.29 is 18.7 Å². The van der Waals surface area contributed by atoms with Crippen LogP contribution in [0.3, 0.4) is 0 Å². The van der Waals surface area contributed by atoms with E-state index in [-0.39, 0.29) is 11.1 Å². The van der Waals surface area contributed by atoms with Crippen LogP contribution in [0.5, 0.6) is 0 Å². The van der Waals surface area contributed by atoms with E-state index < -0.39 is 20.4 Å². The van der Waals surface area contributed by atoms with Crippen LogP contribution in [0.2, 0.25) is 5.04 Å². The lowest BCUT2D eigenvalue weighted by Gasteiger charge is -2.44. The molecule has 0 aliphatic carbocycles. The van der Waals surface area contributed by atoms with Crippen molar-refractivity contribution in [1.29, 1.82) is 0 Å². The first-order valence-corrected chi connectivity index (χ1v) is 15.3. The van der Waals surface area contributed by atoms with Crippen molar-refractivity contribution in [3.8, 4) is 11.8 Å². The maximum absolute atomic E-state index is 12.3. The van der Waals surface area contributed by atoms with Gasteiger partial charge in [-0.25, -0.2) is 4.79 Å². The lowest BCUT2D eigenvalue weighted by Crippen LogP contribution is -2.67. The number of rotatable bonds is 11. The molecule has 0 aliphatic heterocycles. The van der Waals surface area contributed by atoms with Crippen LogP contribution in [0, 0.1) is 11.8 Å². The normalized spacial score (nSPS) is 12.5. The van der Waals surface area contributed by atoms with E-state index in [9.17, 15) is 4.79 Å². The Bertz CT molecular complexity index is 1140. The molecule has 0 N–H and O–H groups in total. The predicted octanol–water partition coefficient (Wildman–Crippen LogP) is 5.88. The van der Waals surface area contributed by atoms with Crippen molar-refractivity contribution in [2.75, 3.05) is 6.61 Å². The second kappa shape index (κ2) is 14.1. The molecule has 1 atom stereocenters. The van der Waals surface area contributed by atoms with Gasteiger partial charge in [-0.15, -0.1) is 0 Å². The Morgan fingerprint density at radius 1 is 0.842 bits per heavy atom.